The van der Waals surface area contributed by atoms with E-state index in [1.165, 1.54) is 18.2 Å². The molecule has 1 aromatic carbocycles. The minimum atomic E-state index is -0.600. The van der Waals surface area contributed by atoms with E-state index in [4.69, 9.17) is 4.74 Å². The van der Waals surface area contributed by atoms with E-state index in [9.17, 15) is 13.6 Å². The van der Waals surface area contributed by atoms with Crippen molar-refractivity contribution in [3.05, 3.63) is 35.4 Å². The van der Waals surface area contributed by atoms with Gasteiger partial charge in [-0.3, -0.25) is 4.99 Å². The first kappa shape index (κ1) is 26.4. The molecule has 0 saturated heterocycles. The van der Waals surface area contributed by atoms with Gasteiger partial charge in [0.15, 0.2) is 5.96 Å². The molecule has 0 atom stereocenters. The molecule has 0 aliphatic heterocycles. The summed E-state index contributed by atoms with van der Waals surface area (Å²) in [7, 11) is 1.59. The molecule has 0 aliphatic carbocycles. The van der Waals surface area contributed by atoms with Crippen molar-refractivity contribution < 1.29 is 18.3 Å². The van der Waals surface area contributed by atoms with Crippen LogP contribution in [0.5, 0.6) is 0 Å². The Kier molecular flexibility index (Phi) is 10.7. The number of benzene rings is 1. The highest BCUT2D eigenvalue weighted by Crippen LogP contribution is 2.12. The van der Waals surface area contributed by atoms with Crippen LogP contribution in [0, 0.1) is 11.6 Å². The Bertz CT molecular complexity index is 656. The summed E-state index contributed by atoms with van der Waals surface area (Å²) in [4.78, 5) is 16.0. The average molecular weight is 512 g/mol. The van der Waals surface area contributed by atoms with Crippen LogP contribution in [-0.2, 0) is 11.2 Å². The Morgan fingerprint density at radius 3 is 2.18 bits per heavy atom. The highest BCUT2D eigenvalue weighted by atomic mass is 127. The maximum absolute atomic E-state index is 13.6. The first-order valence-corrected chi connectivity index (χ1v) is 8.82. The van der Waals surface area contributed by atoms with Gasteiger partial charge in [0.25, 0.3) is 0 Å². The molecule has 28 heavy (non-hydrogen) atoms. The monoisotopic (exact) mass is 512 g/mol. The predicted octanol–water partition coefficient (Wildman–Crippen LogP) is 3.59. The summed E-state index contributed by atoms with van der Waals surface area (Å²) in [5, 5.41) is 8.86. The van der Waals surface area contributed by atoms with Crippen LogP contribution < -0.4 is 16.0 Å². The highest BCUT2D eigenvalue weighted by molar-refractivity contribution is 14.0. The van der Waals surface area contributed by atoms with E-state index in [2.05, 4.69) is 20.9 Å². The number of aliphatic imine (C=N–C) groups is 1. The third-order valence-corrected chi connectivity index (χ3v) is 3.49. The minimum absolute atomic E-state index is 0. The number of hydrogen-bond donors (Lipinski definition) is 3. The fourth-order valence-electron chi connectivity index (χ4n) is 2.23. The lowest BCUT2D eigenvalue weighted by Gasteiger charge is -2.29. The number of carbonyl (C=O) groups is 1. The molecule has 1 rings (SSSR count). The van der Waals surface area contributed by atoms with Crippen LogP contribution in [0.4, 0.5) is 13.6 Å². The van der Waals surface area contributed by atoms with E-state index in [0.29, 0.717) is 19.0 Å². The highest BCUT2D eigenvalue weighted by Gasteiger charge is 2.24. The Hall–Kier alpha value is -1.65. The Labute approximate surface area is 182 Å². The standard InChI is InChI=1S/C19H30F2N4O2.HI/c1-18(2,3)27-17(26)25-19(4,5)12-24-16(22-6)23-11-10-13-14(20)8-7-9-15(13)21;/h7-9H,10-12H2,1-6H3,(H,25,26)(H2,22,23,24);1H. The van der Waals surface area contributed by atoms with E-state index in [1.807, 2.05) is 13.8 Å². The third-order valence-electron chi connectivity index (χ3n) is 3.49. The van der Waals surface area contributed by atoms with Crippen molar-refractivity contribution in [3.8, 4) is 0 Å². The average Bonchev–Trinajstić information content (AvgIpc) is 2.50. The lowest BCUT2D eigenvalue weighted by atomic mass is 10.1. The quantitative estimate of drug-likeness (QED) is 0.310. The summed E-state index contributed by atoms with van der Waals surface area (Å²) in [6.07, 6.45) is -0.328. The SMILES string of the molecule is CN=C(NCCc1c(F)cccc1F)NCC(C)(C)NC(=O)OC(C)(C)C.I. The molecule has 1 aromatic rings. The van der Waals surface area contributed by atoms with Crippen LogP contribution >= 0.6 is 24.0 Å². The predicted molar refractivity (Wildman–Crippen MR) is 118 cm³/mol. The van der Waals surface area contributed by atoms with E-state index >= 15 is 0 Å². The van der Waals surface area contributed by atoms with Gasteiger partial charge in [-0.1, -0.05) is 6.07 Å². The van der Waals surface area contributed by atoms with Gasteiger partial charge in [-0.15, -0.1) is 24.0 Å². The van der Waals surface area contributed by atoms with Crippen LogP contribution in [0.2, 0.25) is 0 Å². The second-order valence-electron chi connectivity index (χ2n) is 7.81. The van der Waals surface area contributed by atoms with Crippen LogP contribution in [0.15, 0.2) is 23.2 Å². The number of rotatable bonds is 6. The zero-order chi connectivity index (χ0) is 20.7. The zero-order valence-corrected chi connectivity index (χ0v) is 19.6. The van der Waals surface area contributed by atoms with Crippen molar-refractivity contribution in [2.45, 2.75) is 52.2 Å². The van der Waals surface area contributed by atoms with Crippen molar-refractivity contribution in [2.24, 2.45) is 4.99 Å². The number of amides is 1. The second kappa shape index (κ2) is 11.4. The molecule has 0 bridgehead atoms. The second-order valence-corrected chi connectivity index (χ2v) is 7.81. The molecule has 0 fully saturated rings. The number of halogens is 3. The van der Waals surface area contributed by atoms with Crippen molar-refractivity contribution in [1.82, 2.24) is 16.0 Å². The molecule has 0 unspecified atom stereocenters. The first-order valence-electron chi connectivity index (χ1n) is 8.82. The van der Waals surface area contributed by atoms with Gasteiger partial charge < -0.3 is 20.7 Å². The Morgan fingerprint density at radius 2 is 1.68 bits per heavy atom. The summed E-state index contributed by atoms with van der Waals surface area (Å²) in [6, 6.07) is 3.80. The molecular formula is C19H31F2IN4O2. The summed E-state index contributed by atoms with van der Waals surface area (Å²) >= 11 is 0. The van der Waals surface area contributed by atoms with Gasteiger partial charge >= 0.3 is 6.09 Å². The van der Waals surface area contributed by atoms with Crippen LogP contribution in [0.3, 0.4) is 0 Å². The largest absolute Gasteiger partial charge is 0.444 e. The summed E-state index contributed by atoms with van der Waals surface area (Å²) in [6.45, 7) is 9.74. The van der Waals surface area contributed by atoms with Gasteiger partial charge in [0.05, 0.1) is 5.54 Å². The summed E-state index contributed by atoms with van der Waals surface area (Å²) < 4.78 is 32.5. The molecule has 160 valence electrons. The van der Waals surface area contributed by atoms with Gasteiger partial charge in [-0.05, 0) is 53.2 Å². The number of nitrogens with zero attached hydrogens (tertiary/aromatic N) is 1. The van der Waals surface area contributed by atoms with Gasteiger partial charge in [0, 0.05) is 25.7 Å². The van der Waals surface area contributed by atoms with Crippen molar-refractivity contribution in [3.63, 3.8) is 0 Å². The lowest BCUT2D eigenvalue weighted by molar-refractivity contribution is 0.0474. The topological polar surface area (TPSA) is 74.8 Å². The molecular weight excluding hydrogens is 481 g/mol. The summed E-state index contributed by atoms with van der Waals surface area (Å²) in [5.41, 5.74) is -1.14. The maximum Gasteiger partial charge on any atom is 0.408 e. The van der Waals surface area contributed by atoms with Crippen molar-refractivity contribution in [1.29, 1.82) is 0 Å². The number of carbonyl (C=O) groups excluding carboxylic acids is 1. The van der Waals surface area contributed by atoms with E-state index in [0.717, 1.165) is 0 Å². The van der Waals surface area contributed by atoms with Crippen molar-refractivity contribution >= 4 is 36.0 Å². The number of nitrogens with one attached hydrogen (secondary N) is 3. The normalized spacial score (nSPS) is 12.1. The lowest BCUT2D eigenvalue weighted by Crippen LogP contribution is -2.54. The van der Waals surface area contributed by atoms with Gasteiger partial charge in [-0.2, -0.15) is 0 Å². The van der Waals surface area contributed by atoms with Gasteiger partial charge in [-0.25, -0.2) is 13.6 Å². The number of ether oxygens (including phenoxy) is 1. The van der Waals surface area contributed by atoms with Crippen LogP contribution in [0.25, 0.3) is 0 Å². The van der Waals surface area contributed by atoms with Crippen LogP contribution in [0.1, 0.15) is 40.2 Å². The molecule has 0 aromatic heterocycles. The Balaban J connectivity index is 0.00000729. The maximum atomic E-state index is 13.6. The number of hydrogen-bond acceptors (Lipinski definition) is 3. The van der Waals surface area contributed by atoms with Gasteiger partial charge in [0.1, 0.15) is 17.2 Å². The van der Waals surface area contributed by atoms with Crippen molar-refractivity contribution in [2.75, 3.05) is 20.1 Å². The molecule has 0 saturated carbocycles. The number of guanidine groups is 1. The zero-order valence-electron chi connectivity index (χ0n) is 17.3. The molecule has 9 heteroatoms. The smallest absolute Gasteiger partial charge is 0.408 e. The molecule has 6 nitrogen and oxygen atoms in total. The molecule has 1 amide bonds. The van der Waals surface area contributed by atoms with E-state index < -0.39 is 28.9 Å². The third kappa shape index (κ3) is 10.0. The molecule has 0 heterocycles. The summed E-state index contributed by atoms with van der Waals surface area (Å²) in [5.74, 6) is -0.671. The number of alkyl carbamates (subject to hydrolysis) is 1. The fraction of sp³-hybridized carbons (Fsp3) is 0.579. The van der Waals surface area contributed by atoms with Crippen LogP contribution in [-0.4, -0.2) is 43.3 Å². The van der Waals surface area contributed by atoms with E-state index in [-0.39, 0.29) is 36.0 Å². The first-order chi connectivity index (χ1) is 12.4. The molecule has 0 spiro atoms. The molecule has 3 N–H and O–H groups in total. The Morgan fingerprint density at radius 1 is 1.11 bits per heavy atom. The van der Waals surface area contributed by atoms with E-state index in [1.54, 1.807) is 27.8 Å². The molecule has 0 aliphatic rings. The molecule has 0 radical (unpaired) electrons. The minimum Gasteiger partial charge on any atom is -0.444 e. The van der Waals surface area contributed by atoms with Gasteiger partial charge in [0.2, 0.25) is 0 Å². The fourth-order valence-corrected chi connectivity index (χ4v) is 2.23.